The van der Waals surface area contributed by atoms with Crippen molar-refractivity contribution >= 4 is 0 Å². The third kappa shape index (κ3) is 4.00. The standard InChI is InChI=1S/C28H18N4/c29-19-20-14-16-23(17-15-20)27-30-26(22-10-5-2-6-11-22)31-28(32-27)25-13-7-12-24(18-25)21-8-3-1-4-9-21/h1-18H. The summed E-state index contributed by atoms with van der Waals surface area (Å²) >= 11 is 0. The number of rotatable bonds is 4. The molecule has 0 aliphatic carbocycles. The highest BCUT2D eigenvalue weighted by Crippen LogP contribution is 2.28. The van der Waals surface area contributed by atoms with Crippen molar-refractivity contribution < 1.29 is 0 Å². The fourth-order valence-electron chi connectivity index (χ4n) is 3.51. The average Bonchev–Trinajstić information content (AvgIpc) is 2.89. The van der Waals surface area contributed by atoms with E-state index in [1.54, 1.807) is 12.1 Å². The van der Waals surface area contributed by atoms with Crippen molar-refractivity contribution in [3.8, 4) is 51.4 Å². The summed E-state index contributed by atoms with van der Waals surface area (Å²) in [4.78, 5) is 14.3. The van der Waals surface area contributed by atoms with Crippen molar-refractivity contribution in [2.45, 2.75) is 0 Å². The molecule has 0 atom stereocenters. The van der Waals surface area contributed by atoms with Gasteiger partial charge in [-0.15, -0.1) is 0 Å². The van der Waals surface area contributed by atoms with Crippen molar-refractivity contribution in [3.05, 3.63) is 115 Å². The lowest BCUT2D eigenvalue weighted by Gasteiger charge is -2.09. The Kier molecular flexibility index (Phi) is 5.22. The van der Waals surface area contributed by atoms with Gasteiger partial charge in [0, 0.05) is 16.7 Å². The van der Waals surface area contributed by atoms with Crippen molar-refractivity contribution in [1.29, 1.82) is 5.26 Å². The lowest BCUT2D eigenvalue weighted by molar-refractivity contribution is 1.07. The third-order valence-corrected chi connectivity index (χ3v) is 5.17. The number of aromatic nitrogens is 3. The van der Waals surface area contributed by atoms with Crippen LogP contribution in [-0.4, -0.2) is 15.0 Å². The smallest absolute Gasteiger partial charge is 0.164 e. The van der Waals surface area contributed by atoms with Crippen LogP contribution in [0.3, 0.4) is 0 Å². The van der Waals surface area contributed by atoms with Gasteiger partial charge in [0.15, 0.2) is 17.5 Å². The molecule has 4 aromatic carbocycles. The highest BCUT2D eigenvalue weighted by molar-refractivity contribution is 5.72. The van der Waals surface area contributed by atoms with E-state index in [0.29, 0.717) is 23.0 Å². The van der Waals surface area contributed by atoms with E-state index >= 15 is 0 Å². The summed E-state index contributed by atoms with van der Waals surface area (Å²) in [7, 11) is 0. The molecule has 0 fully saturated rings. The van der Waals surface area contributed by atoms with Gasteiger partial charge in [0.1, 0.15) is 0 Å². The summed E-state index contributed by atoms with van der Waals surface area (Å²) in [5, 5.41) is 9.11. The van der Waals surface area contributed by atoms with E-state index in [1.165, 1.54) is 0 Å². The fourth-order valence-corrected chi connectivity index (χ4v) is 3.51. The monoisotopic (exact) mass is 410 g/mol. The third-order valence-electron chi connectivity index (χ3n) is 5.17. The van der Waals surface area contributed by atoms with Crippen LogP contribution in [0.2, 0.25) is 0 Å². The van der Waals surface area contributed by atoms with E-state index in [-0.39, 0.29) is 0 Å². The SMILES string of the molecule is N#Cc1ccc(-c2nc(-c3ccccc3)nc(-c3cccc(-c4ccccc4)c3)n2)cc1. The molecule has 0 bridgehead atoms. The van der Waals surface area contributed by atoms with Crippen molar-refractivity contribution in [1.82, 2.24) is 15.0 Å². The van der Waals surface area contributed by atoms with E-state index in [2.05, 4.69) is 30.3 Å². The quantitative estimate of drug-likeness (QED) is 0.343. The molecule has 5 rings (SSSR count). The Balaban J connectivity index is 1.66. The van der Waals surface area contributed by atoms with Gasteiger partial charge in [0.25, 0.3) is 0 Å². The van der Waals surface area contributed by atoms with Gasteiger partial charge in [-0.3, -0.25) is 0 Å². The summed E-state index contributed by atoms with van der Waals surface area (Å²) < 4.78 is 0. The van der Waals surface area contributed by atoms with Gasteiger partial charge in [-0.05, 0) is 41.5 Å². The zero-order chi connectivity index (χ0) is 21.8. The Bertz CT molecular complexity index is 1400. The van der Waals surface area contributed by atoms with Crippen LogP contribution in [0.25, 0.3) is 45.3 Å². The molecule has 5 aromatic rings. The number of nitriles is 1. The number of hydrogen-bond acceptors (Lipinski definition) is 4. The summed E-state index contributed by atoms with van der Waals surface area (Å²) in [6.45, 7) is 0. The van der Waals surface area contributed by atoms with Crippen LogP contribution in [0.15, 0.2) is 109 Å². The van der Waals surface area contributed by atoms with Crippen LogP contribution in [0.5, 0.6) is 0 Å². The summed E-state index contributed by atoms with van der Waals surface area (Å²) in [6.07, 6.45) is 0. The van der Waals surface area contributed by atoms with Crippen LogP contribution in [0, 0.1) is 11.3 Å². The van der Waals surface area contributed by atoms with Crippen molar-refractivity contribution in [2.75, 3.05) is 0 Å². The molecule has 1 aromatic heterocycles. The normalized spacial score (nSPS) is 10.5. The summed E-state index contributed by atoms with van der Waals surface area (Å²) in [5.74, 6) is 1.79. The lowest BCUT2D eigenvalue weighted by atomic mass is 10.0. The zero-order valence-corrected chi connectivity index (χ0v) is 17.2. The van der Waals surface area contributed by atoms with E-state index in [0.717, 1.165) is 27.8 Å². The van der Waals surface area contributed by atoms with Gasteiger partial charge in [-0.1, -0.05) is 78.9 Å². The van der Waals surface area contributed by atoms with E-state index in [9.17, 15) is 0 Å². The first kappa shape index (κ1) is 19.3. The minimum atomic E-state index is 0.573. The Hall–Kier alpha value is -4.62. The molecule has 0 N–H and O–H groups in total. The van der Waals surface area contributed by atoms with Gasteiger partial charge in [0.05, 0.1) is 11.6 Å². The Morgan fingerprint density at radius 3 is 1.50 bits per heavy atom. The molecule has 150 valence electrons. The predicted molar refractivity (Wildman–Crippen MR) is 126 cm³/mol. The summed E-state index contributed by atoms with van der Waals surface area (Å²) in [5.41, 5.74) is 5.51. The largest absolute Gasteiger partial charge is 0.208 e. The van der Waals surface area contributed by atoms with E-state index in [4.69, 9.17) is 20.2 Å². The molecule has 0 spiro atoms. The van der Waals surface area contributed by atoms with Gasteiger partial charge < -0.3 is 0 Å². The molecule has 0 saturated heterocycles. The molecule has 1 heterocycles. The summed E-state index contributed by atoms with van der Waals surface area (Å²) in [6, 6.07) is 37.8. The Labute approximate surface area is 186 Å². The maximum Gasteiger partial charge on any atom is 0.164 e. The second-order valence-corrected chi connectivity index (χ2v) is 7.31. The molecule has 0 saturated carbocycles. The van der Waals surface area contributed by atoms with Crippen molar-refractivity contribution in [3.63, 3.8) is 0 Å². The first-order valence-corrected chi connectivity index (χ1v) is 10.3. The molecule has 0 amide bonds. The van der Waals surface area contributed by atoms with Gasteiger partial charge in [-0.25, -0.2) is 15.0 Å². The van der Waals surface area contributed by atoms with Crippen LogP contribution in [0.4, 0.5) is 0 Å². The molecule has 4 nitrogen and oxygen atoms in total. The molecular weight excluding hydrogens is 392 g/mol. The van der Waals surface area contributed by atoms with Gasteiger partial charge >= 0.3 is 0 Å². The molecule has 0 unspecified atom stereocenters. The Morgan fingerprint density at radius 1 is 0.438 bits per heavy atom. The molecule has 32 heavy (non-hydrogen) atoms. The van der Waals surface area contributed by atoms with Crippen LogP contribution >= 0.6 is 0 Å². The van der Waals surface area contributed by atoms with E-state index in [1.807, 2.05) is 72.8 Å². The van der Waals surface area contributed by atoms with Gasteiger partial charge in [-0.2, -0.15) is 5.26 Å². The minimum Gasteiger partial charge on any atom is -0.208 e. The first-order chi connectivity index (χ1) is 15.8. The number of hydrogen-bond donors (Lipinski definition) is 0. The Morgan fingerprint density at radius 2 is 0.906 bits per heavy atom. The van der Waals surface area contributed by atoms with Crippen LogP contribution in [-0.2, 0) is 0 Å². The second-order valence-electron chi connectivity index (χ2n) is 7.31. The minimum absolute atomic E-state index is 0.573. The topological polar surface area (TPSA) is 62.5 Å². The highest BCUT2D eigenvalue weighted by atomic mass is 15.0. The molecular formula is C28H18N4. The molecule has 0 radical (unpaired) electrons. The zero-order valence-electron chi connectivity index (χ0n) is 17.2. The second kappa shape index (κ2) is 8.63. The van der Waals surface area contributed by atoms with Gasteiger partial charge in [0.2, 0.25) is 0 Å². The van der Waals surface area contributed by atoms with Crippen LogP contribution < -0.4 is 0 Å². The van der Waals surface area contributed by atoms with E-state index < -0.39 is 0 Å². The molecule has 0 aliphatic heterocycles. The lowest BCUT2D eigenvalue weighted by Crippen LogP contribution is -2.00. The highest BCUT2D eigenvalue weighted by Gasteiger charge is 2.13. The predicted octanol–water partition coefficient (Wildman–Crippen LogP) is 6.41. The first-order valence-electron chi connectivity index (χ1n) is 10.3. The molecule has 0 aliphatic rings. The van der Waals surface area contributed by atoms with Crippen LogP contribution in [0.1, 0.15) is 5.56 Å². The average molecular weight is 410 g/mol. The maximum atomic E-state index is 9.11. The number of nitrogens with zero attached hydrogens (tertiary/aromatic N) is 4. The fraction of sp³-hybridized carbons (Fsp3) is 0. The number of benzene rings is 4. The maximum absolute atomic E-state index is 9.11. The van der Waals surface area contributed by atoms with Crippen molar-refractivity contribution in [2.24, 2.45) is 0 Å². The molecule has 4 heteroatoms.